The minimum atomic E-state index is -1.06. The number of carbonyl (C=O) groups is 1. The Morgan fingerprint density at radius 1 is 1.53 bits per heavy atom. The van der Waals surface area contributed by atoms with Crippen LogP contribution in [0.25, 0.3) is 0 Å². The molecule has 0 saturated heterocycles. The molecule has 19 heavy (non-hydrogen) atoms. The van der Waals surface area contributed by atoms with Gasteiger partial charge in [0.15, 0.2) is 0 Å². The van der Waals surface area contributed by atoms with Gasteiger partial charge >= 0.3 is 5.97 Å². The molecule has 0 amide bonds. The van der Waals surface area contributed by atoms with Crippen molar-refractivity contribution in [2.24, 2.45) is 0 Å². The Kier molecular flexibility index (Phi) is 6.62. The number of nitrogens with one attached hydrogen (secondary N) is 1. The summed E-state index contributed by atoms with van der Waals surface area (Å²) in [5.74, 6) is -1.15. The van der Waals surface area contributed by atoms with Crippen LogP contribution in [-0.4, -0.2) is 35.9 Å². The normalized spacial score (nSPS) is 12.3. The number of carboxylic acids is 1. The van der Waals surface area contributed by atoms with Gasteiger partial charge in [-0.3, -0.25) is 4.79 Å². The molecule has 0 aliphatic heterocycles. The maximum atomic E-state index is 11.2. The van der Waals surface area contributed by atoms with Crippen LogP contribution in [-0.2, 0) is 9.53 Å². The van der Waals surface area contributed by atoms with E-state index in [1.807, 2.05) is 6.92 Å². The third kappa shape index (κ3) is 5.06. The van der Waals surface area contributed by atoms with Crippen molar-refractivity contribution in [2.45, 2.75) is 19.4 Å². The van der Waals surface area contributed by atoms with Gasteiger partial charge in [0.05, 0.1) is 0 Å². The molecule has 0 aliphatic rings. The van der Waals surface area contributed by atoms with Gasteiger partial charge in [0, 0.05) is 23.8 Å². The molecular weight excluding hydrogens is 270 g/mol. The molecule has 1 aromatic rings. The molecule has 5 nitrogen and oxygen atoms in total. The standard InChI is InChI=1S/C13H18ClNO4/c1-2-19-7-3-6-15-12(13(17)18)10-8-9(14)4-5-11(10)16/h4-5,8,12,15-16H,2-3,6-7H2,1H3,(H,17,18). The lowest BCUT2D eigenvalue weighted by Gasteiger charge is -2.16. The van der Waals surface area contributed by atoms with Gasteiger partial charge in [0.25, 0.3) is 0 Å². The number of benzene rings is 1. The van der Waals surface area contributed by atoms with Gasteiger partial charge in [0.2, 0.25) is 0 Å². The van der Waals surface area contributed by atoms with Crippen LogP contribution in [0.1, 0.15) is 24.9 Å². The molecule has 0 aromatic heterocycles. The van der Waals surface area contributed by atoms with Crippen LogP contribution in [0.5, 0.6) is 5.75 Å². The van der Waals surface area contributed by atoms with Crippen LogP contribution in [0.4, 0.5) is 0 Å². The van der Waals surface area contributed by atoms with Crippen LogP contribution in [0.15, 0.2) is 18.2 Å². The predicted octanol–water partition coefficient (Wildman–Crippen LogP) is 2.19. The summed E-state index contributed by atoms with van der Waals surface area (Å²) in [5, 5.41) is 22.2. The van der Waals surface area contributed by atoms with Crippen LogP contribution >= 0.6 is 11.6 Å². The zero-order chi connectivity index (χ0) is 14.3. The fourth-order valence-electron chi connectivity index (χ4n) is 1.65. The van der Waals surface area contributed by atoms with Crippen molar-refractivity contribution >= 4 is 17.6 Å². The van der Waals surface area contributed by atoms with Gasteiger partial charge in [-0.1, -0.05) is 11.6 Å². The second-order valence-corrected chi connectivity index (χ2v) is 4.42. The van der Waals surface area contributed by atoms with Gasteiger partial charge in [-0.2, -0.15) is 0 Å². The summed E-state index contributed by atoms with van der Waals surface area (Å²) >= 11 is 5.82. The van der Waals surface area contributed by atoms with E-state index in [4.69, 9.17) is 16.3 Å². The maximum absolute atomic E-state index is 11.2. The highest BCUT2D eigenvalue weighted by molar-refractivity contribution is 6.30. The summed E-state index contributed by atoms with van der Waals surface area (Å²) in [5.41, 5.74) is 0.261. The fraction of sp³-hybridized carbons (Fsp3) is 0.462. The minimum absolute atomic E-state index is 0.0888. The zero-order valence-electron chi connectivity index (χ0n) is 10.7. The predicted molar refractivity (Wildman–Crippen MR) is 72.6 cm³/mol. The third-order valence-corrected chi connectivity index (χ3v) is 2.80. The Balaban J connectivity index is 2.67. The highest BCUT2D eigenvalue weighted by Gasteiger charge is 2.22. The Morgan fingerprint density at radius 2 is 2.26 bits per heavy atom. The fourth-order valence-corrected chi connectivity index (χ4v) is 1.83. The first-order valence-corrected chi connectivity index (χ1v) is 6.46. The zero-order valence-corrected chi connectivity index (χ0v) is 11.5. The quantitative estimate of drug-likeness (QED) is 0.639. The van der Waals surface area contributed by atoms with E-state index in [9.17, 15) is 15.0 Å². The van der Waals surface area contributed by atoms with Crippen molar-refractivity contribution in [2.75, 3.05) is 19.8 Å². The van der Waals surface area contributed by atoms with E-state index >= 15 is 0 Å². The van der Waals surface area contributed by atoms with Crippen molar-refractivity contribution in [3.05, 3.63) is 28.8 Å². The van der Waals surface area contributed by atoms with Crippen LogP contribution in [0, 0.1) is 0 Å². The number of aromatic hydroxyl groups is 1. The average Bonchev–Trinajstić information content (AvgIpc) is 2.37. The highest BCUT2D eigenvalue weighted by atomic mass is 35.5. The largest absolute Gasteiger partial charge is 0.508 e. The smallest absolute Gasteiger partial charge is 0.325 e. The second kappa shape index (κ2) is 7.99. The molecule has 0 radical (unpaired) electrons. The van der Waals surface area contributed by atoms with E-state index in [0.717, 1.165) is 0 Å². The highest BCUT2D eigenvalue weighted by Crippen LogP contribution is 2.27. The topological polar surface area (TPSA) is 78.8 Å². The van der Waals surface area contributed by atoms with E-state index < -0.39 is 12.0 Å². The molecule has 0 heterocycles. The number of hydrogen-bond donors (Lipinski definition) is 3. The lowest BCUT2D eigenvalue weighted by atomic mass is 10.1. The number of phenolic OH excluding ortho intramolecular Hbond substituents is 1. The molecule has 0 fully saturated rings. The molecule has 0 saturated carbocycles. The van der Waals surface area contributed by atoms with E-state index in [1.54, 1.807) is 0 Å². The van der Waals surface area contributed by atoms with E-state index in [2.05, 4.69) is 5.32 Å². The summed E-state index contributed by atoms with van der Waals surface area (Å²) in [6.45, 7) is 3.58. The molecule has 6 heteroatoms. The van der Waals surface area contributed by atoms with E-state index in [-0.39, 0.29) is 11.3 Å². The lowest BCUT2D eigenvalue weighted by molar-refractivity contribution is -0.139. The molecule has 3 N–H and O–H groups in total. The maximum Gasteiger partial charge on any atom is 0.325 e. The number of aliphatic carboxylic acids is 1. The molecule has 1 atom stereocenters. The first kappa shape index (κ1) is 15.8. The molecular formula is C13H18ClNO4. The monoisotopic (exact) mass is 287 g/mol. The lowest BCUT2D eigenvalue weighted by Crippen LogP contribution is -2.29. The van der Waals surface area contributed by atoms with E-state index in [0.29, 0.717) is 31.2 Å². The van der Waals surface area contributed by atoms with Crippen LogP contribution in [0.3, 0.4) is 0 Å². The van der Waals surface area contributed by atoms with Crippen molar-refractivity contribution < 1.29 is 19.7 Å². The summed E-state index contributed by atoms with van der Waals surface area (Å²) in [4.78, 5) is 11.2. The molecule has 1 rings (SSSR count). The third-order valence-electron chi connectivity index (χ3n) is 2.57. The number of ether oxygens (including phenoxy) is 1. The van der Waals surface area contributed by atoms with Crippen molar-refractivity contribution in [1.82, 2.24) is 5.32 Å². The van der Waals surface area contributed by atoms with Crippen LogP contribution < -0.4 is 5.32 Å². The number of hydrogen-bond acceptors (Lipinski definition) is 4. The summed E-state index contributed by atoms with van der Waals surface area (Å²) < 4.78 is 5.17. The number of phenols is 1. The molecule has 0 bridgehead atoms. The van der Waals surface area contributed by atoms with E-state index in [1.165, 1.54) is 18.2 Å². The molecule has 106 valence electrons. The van der Waals surface area contributed by atoms with Gasteiger partial charge in [0.1, 0.15) is 11.8 Å². The second-order valence-electron chi connectivity index (χ2n) is 3.98. The number of halogens is 1. The van der Waals surface area contributed by atoms with Gasteiger partial charge in [-0.05, 0) is 38.1 Å². The summed E-state index contributed by atoms with van der Waals surface area (Å²) in [7, 11) is 0. The SMILES string of the molecule is CCOCCCNC(C(=O)O)c1cc(Cl)ccc1O. The molecule has 0 aliphatic carbocycles. The van der Waals surface area contributed by atoms with Crippen LogP contribution in [0.2, 0.25) is 5.02 Å². The molecule has 1 aromatic carbocycles. The minimum Gasteiger partial charge on any atom is -0.508 e. The molecule has 0 spiro atoms. The van der Waals surface area contributed by atoms with Crippen molar-refractivity contribution in [3.8, 4) is 5.75 Å². The summed E-state index contributed by atoms with van der Waals surface area (Å²) in [6, 6.07) is 3.36. The Morgan fingerprint density at radius 3 is 2.89 bits per heavy atom. The molecule has 1 unspecified atom stereocenters. The number of rotatable bonds is 8. The first-order valence-electron chi connectivity index (χ1n) is 6.08. The average molecular weight is 288 g/mol. The Labute approximate surface area is 117 Å². The van der Waals surface area contributed by atoms with Crippen molar-refractivity contribution in [1.29, 1.82) is 0 Å². The Bertz CT molecular complexity index is 425. The number of carboxylic acid groups (broad SMARTS) is 1. The van der Waals surface area contributed by atoms with Gasteiger partial charge in [-0.15, -0.1) is 0 Å². The van der Waals surface area contributed by atoms with Gasteiger partial charge in [-0.25, -0.2) is 0 Å². The summed E-state index contributed by atoms with van der Waals surface area (Å²) in [6.07, 6.45) is 0.693. The van der Waals surface area contributed by atoms with Crippen molar-refractivity contribution in [3.63, 3.8) is 0 Å². The first-order chi connectivity index (χ1) is 9.06. The Hall–Kier alpha value is -1.30. The van der Waals surface area contributed by atoms with Gasteiger partial charge < -0.3 is 20.3 Å².